The molecular weight excluding hydrogens is 311 g/mol. The summed E-state index contributed by atoms with van der Waals surface area (Å²) in [7, 11) is 0. The molecule has 0 bridgehead atoms. The van der Waals surface area contributed by atoms with Gasteiger partial charge in [0.05, 0.1) is 5.92 Å². The molecular formula is C11H13BrF3N3. The van der Waals surface area contributed by atoms with E-state index in [0.29, 0.717) is 24.2 Å². The maximum absolute atomic E-state index is 12.7. The Morgan fingerprint density at radius 3 is 2.56 bits per heavy atom. The average molecular weight is 324 g/mol. The summed E-state index contributed by atoms with van der Waals surface area (Å²) in [5, 5.41) is 0.637. The molecule has 1 aromatic rings. The van der Waals surface area contributed by atoms with Crippen LogP contribution in [0.1, 0.15) is 18.4 Å². The van der Waals surface area contributed by atoms with Crippen LogP contribution >= 0.6 is 15.9 Å². The second kappa shape index (κ2) is 5.42. The molecule has 1 fully saturated rings. The van der Waals surface area contributed by atoms with E-state index < -0.39 is 12.1 Å². The van der Waals surface area contributed by atoms with E-state index in [9.17, 15) is 13.2 Å². The first-order chi connectivity index (χ1) is 8.50. The zero-order valence-corrected chi connectivity index (χ0v) is 11.2. The molecule has 0 saturated carbocycles. The van der Waals surface area contributed by atoms with Gasteiger partial charge in [-0.05, 0) is 18.4 Å². The van der Waals surface area contributed by atoms with E-state index in [1.54, 1.807) is 17.3 Å². The molecule has 1 aliphatic rings. The molecule has 0 amide bonds. The predicted octanol–water partition coefficient (Wildman–Crippen LogP) is 3.15. The molecule has 3 nitrogen and oxygen atoms in total. The van der Waals surface area contributed by atoms with E-state index in [-0.39, 0.29) is 13.0 Å². The van der Waals surface area contributed by atoms with Crippen LogP contribution in [0.15, 0.2) is 12.4 Å². The fourth-order valence-corrected chi connectivity index (χ4v) is 2.30. The topological polar surface area (TPSA) is 29.0 Å². The summed E-state index contributed by atoms with van der Waals surface area (Å²) in [6.07, 6.45) is -0.149. The number of aromatic nitrogens is 2. The lowest BCUT2D eigenvalue weighted by Gasteiger charge is -2.33. The molecule has 0 radical (unpaired) electrons. The van der Waals surface area contributed by atoms with Gasteiger partial charge >= 0.3 is 6.18 Å². The van der Waals surface area contributed by atoms with Crippen molar-refractivity contribution in [3.05, 3.63) is 18.0 Å². The second-order valence-corrected chi connectivity index (χ2v) is 4.91. The maximum atomic E-state index is 12.7. The minimum atomic E-state index is -4.13. The third kappa shape index (κ3) is 3.13. The molecule has 2 rings (SSSR count). The summed E-state index contributed by atoms with van der Waals surface area (Å²) >= 11 is 3.27. The summed E-state index contributed by atoms with van der Waals surface area (Å²) < 4.78 is 38.0. The van der Waals surface area contributed by atoms with Gasteiger partial charge < -0.3 is 4.90 Å². The Balaban J connectivity index is 2.08. The minimum absolute atomic E-state index is 0.0445. The lowest BCUT2D eigenvalue weighted by Crippen LogP contribution is -2.42. The first-order valence-electron chi connectivity index (χ1n) is 5.69. The van der Waals surface area contributed by atoms with Crippen molar-refractivity contribution >= 4 is 21.9 Å². The molecule has 2 heterocycles. The maximum Gasteiger partial charge on any atom is 0.393 e. The highest BCUT2D eigenvalue weighted by atomic mass is 79.9. The van der Waals surface area contributed by atoms with Gasteiger partial charge in [-0.1, -0.05) is 15.9 Å². The van der Waals surface area contributed by atoms with Gasteiger partial charge in [0.15, 0.2) is 0 Å². The van der Waals surface area contributed by atoms with E-state index in [1.807, 2.05) is 0 Å². The molecule has 0 aromatic carbocycles. The van der Waals surface area contributed by atoms with Crippen LogP contribution < -0.4 is 4.90 Å². The van der Waals surface area contributed by atoms with E-state index >= 15 is 0 Å². The number of hydrogen-bond acceptors (Lipinski definition) is 3. The molecule has 1 unspecified atom stereocenters. The Morgan fingerprint density at radius 1 is 1.33 bits per heavy atom. The minimum Gasteiger partial charge on any atom is -0.340 e. The van der Waals surface area contributed by atoms with Gasteiger partial charge in [-0.2, -0.15) is 13.2 Å². The van der Waals surface area contributed by atoms with Crippen LogP contribution in [-0.4, -0.2) is 29.2 Å². The number of hydrogen-bond donors (Lipinski definition) is 0. The first-order valence-corrected chi connectivity index (χ1v) is 6.81. The van der Waals surface area contributed by atoms with Crippen LogP contribution in [0, 0.1) is 5.92 Å². The summed E-state index contributed by atoms with van der Waals surface area (Å²) in [5.74, 6) is -0.889. The van der Waals surface area contributed by atoms with Gasteiger partial charge in [-0.25, -0.2) is 9.97 Å². The summed E-state index contributed by atoms with van der Waals surface area (Å²) in [5.41, 5.74) is 0.906. The van der Waals surface area contributed by atoms with Crippen molar-refractivity contribution in [1.29, 1.82) is 0 Å². The van der Waals surface area contributed by atoms with Gasteiger partial charge in [0.2, 0.25) is 5.95 Å². The molecule has 18 heavy (non-hydrogen) atoms. The normalized spacial score (nSPS) is 21.1. The number of rotatable bonds is 2. The van der Waals surface area contributed by atoms with Crippen molar-refractivity contribution in [1.82, 2.24) is 9.97 Å². The Hall–Kier alpha value is -0.850. The predicted molar refractivity (Wildman–Crippen MR) is 65.7 cm³/mol. The number of nitrogens with zero attached hydrogens (tertiary/aromatic N) is 3. The van der Waals surface area contributed by atoms with Crippen molar-refractivity contribution in [2.24, 2.45) is 5.92 Å². The van der Waals surface area contributed by atoms with Crippen LogP contribution in [0.4, 0.5) is 19.1 Å². The lowest BCUT2D eigenvalue weighted by atomic mass is 9.98. The van der Waals surface area contributed by atoms with E-state index in [2.05, 4.69) is 25.9 Å². The fourth-order valence-electron chi connectivity index (χ4n) is 2.01. The summed E-state index contributed by atoms with van der Waals surface area (Å²) in [6, 6.07) is 0. The monoisotopic (exact) mass is 323 g/mol. The molecule has 100 valence electrons. The van der Waals surface area contributed by atoms with Gasteiger partial charge in [0.25, 0.3) is 0 Å². The second-order valence-electron chi connectivity index (χ2n) is 4.35. The molecule has 1 aliphatic heterocycles. The number of anilines is 1. The Labute approximate surface area is 112 Å². The van der Waals surface area contributed by atoms with Crippen LogP contribution in [0.5, 0.6) is 0 Å². The molecule has 1 atom stereocenters. The first kappa shape index (κ1) is 13.6. The highest BCUT2D eigenvalue weighted by Gasteiger charge is 2.42. The molecule has 0 spiro atoms. The number of alkyl halides is 4. The molecule has 0 N–H and O–H groups in total. The SMILES string of the molecule is FC(F)(F)C1CCCN(c2ncc(CBr)cn2)C1. The van der Waals surface area contributed by atoms with E-state index in [0.717, 1.165) is 5.56 Å². The molecule has 0 aliphatic carbocycles. The Bertz CT molecular complexity index is 394. The standard InChI is InChI=1S/C11H13BrF3N3/c12-4-8-5-16-10(17-6-8)18-3-1-2-9(7-18)11(13,14)15/h5-6,9H,1-4,7H2. The van der Waals surface area contributed by atoms with Crippen molar-refractivity contribution in [2.45, 2.75) is 24.3 Å². The molecule has 1 saturated heterocycles. The zero-order chi connectivity index (χ0) is 13.2. The Morgan fingerprint density at radius 2 is 2.00 bits per heavy atom. The highest BCUT2D eigenvalue weighted by Crippen LogP contribution is 2.33. The van der Waals surface area contributed by atoms with Crippen molar-refractivity contribution in [2.75, 3.05) is 18.0 Å². The van der Waals surface area contributed by atoms with Crippen molar-refractivity contribution < 1.29 is 13.2 Å². The number of halogens is 4. The quantitative estimate of drug-likeness (QED) is 0.783. The highest BCUT2D eigenvalue weighted by molar-refractivity contribution is 9.08. The van der Waals surface area contributed by atoms with Gasteiger partial charge in [-0.15, -0.1) is 0 Å². The zero-order valence-electron chi connectivity index (χ0n) is 9.62. The smallest absolute Gasteiger partial charge is 0.340 e. The molecule has 7 heteroatoms. The number of piperidine rings is 1. The third-order valence-corrected chi connectivity index (χ3v) is 3.66. The van der Waals surface area contributed by atoms with Crippen LogP contribution in [0.3, 0.4) is 0 Å². The van der Waals surface area contributed by atoms with Gasteiger partial charge in [-0.3, -0.25) is 0 Å². The van der Waals surface area contributed by atoms with Crippen LogP contribution in [0.25, 0.3) is 0 Å². The van der Waals surface area contributed by atoms with Crippen LogP contribution in [-0.2, 0) is 5.33 Å². The van der Waals surface area contributed by atoms with Crippen molar-refractivity contribution in [3.63, 3.8) is 0 Å². The summed E-state index contributed by atoms with van der Waals surface area (Å²) in [6.45, 7) is 0.539. The van der Waals surface area contributed by atoms with Gasteiger partial charge in [0.1, 0.15) is 0 Å². The lowest BCUT2D eigenvalue weighted by molar-refractivity contribution is -0.176. The molecule has 1 aromatic heterocycles. The summed E-state index contributed by atoms with van der Waals surface area (Å²) in [4.78, 5) is 9.83. The Kier molecular flexibility index (Phi) is 4.09. The van der Waals surface area contributed by atoms with E-state index in [1.165, 1.54) is 0 Å². The van der Waals surface area contributed by atoms with Crippen molar-refractivity contribution in [3.8, 4) is 0 Å². The van der Waals surface area contributed by atoms with E-state index in [4.69, 9.17) is 0 Å². The largest absolute Gasteiger partial charge is 0.393 e. The average Bonchev–Trinajstić information content (AvgIpc) is 2.38. The third-order valence-electron chi connectivity index (χ3n) is 3.01. The van der Waals surface area contributed by atoms with Gasteiger partial charge in [0, 0.05) is 30.8 Å². The van der Waals surface area contributed by atoms with Crippen LogP contribution in [0.2, 0.25) is 0 Å². The fraction of sp³-hybridized carbons (Fsp3) is 0.636.